The Bertz CT molecular complexity index is 1010. The second kappa shape index (κ2) is 8.08. The van der Waals surface area contributed by atoms with E-state index in [4.69, 9.17) is 9.15 Å². The molecule has 1 N–H and O–H groups in total. The lowest BCUT2D eigenvalue weighted by Gasteiger charge is -2.14. The highest BCUT2D eigenvalue weighted by Crippen LogP contribution is 2.24. The Morgan fingerprint density at radius 2 is 1.78 bits per heavy atom. The fourth-order valence-corrected chi connectivity index (χ4v) is 3.12. The zero-order valence-corrected chi connectivity index (χ0v) is 15.8. The van der Waals surface area contributed by atoms with Gasteiger partial charge in [0.15, 0.2) is 6.61 Å². The largest absolute Gasteiger partial charge is 0.484 e. The van der Waals surface area contributed by atoms with Gasteiger partial charge in [-0.05, 0) is 48.6 Å². The quantitative estimate of drug-likeness (QED) is 0.663. The molecular weight excluding hydrogens is 342 g/mol. The molecule has 1 heterocycles. The number of fused-ring (bicyclic) bond motifs is 1. The molecule has 0 saturated heterocycles. The minimum absolute atomic E-state index is 0.122. The van der Waals surface area contributed by atoms with E-state index >= 15 is 0 Å². The molecule has 1 aromatic heterocycles. The van der Waals surface area contributed by atoms with Crippen LogP contribution < -0.4 is 15.7 Å². The Labute approximate surface area is 158 Å². The number of ether oxygens (including phenoxy) is 1. The summed E-state index contributed by atoms with van der Waals surface area (Å²) >= 11 is 0. The number of hydrogen-bond donors (Lipinski definition) is 1. The molecule has 0 fully saturated rings. The van der Waals surface area contributed by atoms with Crippen LogP contribution in [0.25, 0.3) is 11.0 Å². The minimum atomic E-state index is -0.404. The summed E-state index contributed by atoms with van der Waals surface area (Å²) in [5, 5.41) is 3.81. The van der Waals surface area contributed by atoms with Crippen LogP contribution in [0.3, 0.4) is 0 Å². The Hall–Kier alpha value is -3.08. The van der Waals surface area contributed by atoms with Gasteiger partial charge in [0.05, 0.1) is 0 Å². The van der Waals surface area contributed by atoms with Crippen molar-refractivity contribution in [2.24, 2.45) is 0 Å². The molecule has 0 aliphatic rings. The van der Waals surface area contributed by atoms with E-state index in [-0.39, 0.29) is 12.5 Å². The van der Waals surface area contributed by atoms with Crippen molar-refractivity contribution in [3.63, 3.8) is 0 Å². The topological polar surface area (TPSA) is 68.5 Å². The summed E-state index contributed by atoms with van der Waals surface area (Å²) < 4.78 is 10.8. The minimum Gasteiger partial charge on any atom is -0.484 e. The smallest absolute Gasteiger partial charge is 0.336 e. The molecule has 27 heavy (non-hydrogen) atoms. The normalized spacial score (nSPS) is 10.8. The van der Waals surface area contributed by atoms with Crippen molar-refractivity contribution in [3.8, 4) is 5.75 Å². The molecule has 0 aliphatic heterocycles. The van der Waals surface area contributed by atoms with Gasteiger partial charge in [-0.25, -0.2) is 4.79 Å². The Kier molecular flexibility index (Phi) is 5.60. The summed E-state index contributed by atoms with van der Waals surface area (Å²) in [5.74, 6) is 0.252. The maximum Gasteiger partial charge on any atom is 0.336 e. The molecule has 2 aromatic carbocycles. The van der Waals surface area contributed by atoms with Crippen LogP contribution in [0.4, 0.5) is 5.69 Å². The predicted octanol–water partition coefficient (Wildman–Crippen LogP) is 4.24. The van der Waals surface area contributed by atoms with Crippen LogP contribution >= 0.6 is 0 Å². The first-order valence-corrected chi connectivity index (χ1v) is 9.09. The average Bonchev–Trinajstić information content (AvgIpc) is 2.66. The third kappa shape index (κ3) is 4.19. The summed E-state index contributed by atoms with van der Waals surface area (Å²) in [6.45, 7) is 5.85. The van der Waals surface area contributed by atoms with Crippen LogP contribution in [0, 0.1) is 6.92 Å². The van der Waals surface area contributed by atoms with Crippen molar-refractivity contribution in [2.45, 2.75) is 33.6 Å². The molecule has 5 nitrogen and oxygen atoms in total. The molecule has 0 aliphatic carbocycles. The fraction of sp³-hybridized carbons (Fsp3) is 0.273. The van der Waals surface area contributed by atoms with E-state index in [0.29, 0.717) is 11.3 Å². The van der Waals surface area contributed by atoms with Gasteiger partial charge in [-0.3, -0.25) is 4.79 Å². The first-order chi connectivity index (χ1) is 13.0. The Balaban J connectivity index is 1.73. The zero-order chi connectivity index (χ0) is 19.4. The van der Waals surface area contributed by atoms with Gasteiger partial charge < -0.3 is 14.5 Å². The lowest BCUT2D eigenvalue weighted by Crippen LogP contribution is -2.21. The molecule has 5 heteroatoms. The SMILES string of the molecule is CCc1cccc(CC)c1NC(=O)COc1ccc2c(C)cc(=O)oc2c1. The molecule has 0 bridgehead atoms. The summed E-state index contributed by atoms with van der Waals surface area (Å²) in [7, 11) is 0. The van der Waals surface area contributed by atoms with E-state index < -0.39 is 5.63 Å². The van der Waals surface area contributed by atoms with E-state index in [2.05, 4.69) is 19.2 Å². The monoisotopic (exact) mass is 365 g/mol. The van der Waals surface area contributed by atoms with Crippen LogP contribution in [0.2, 0.25) is 0 Å². The van der Waals surface area contributed by atoms with E-state index in [1.807, 2.05) is 31.2 Å². The van der Waals surface area contributed by atoms with Gasteiger partial charge in [0.1, 0.15) is 11.3 Å². The van der Waals surface area contributed by atoms with Gasteiger partial charge in [-0.15, -0.1) is 0 Å². The van der Waals surface area contributed by atoms with Crippen LogP contribution in [-0.4, -0.2) is 12.5 Å². The predicted molar refractivity (Wildman–Crippen MR) is 107 cm³/mol. The highest BCUT2D eigenvalue weighted by Gasteiger charge is 2.11. The third-order valence-corrected chi connectivity index (χ3v) is 4.56. The number of carbonyl (C=O) groups excluding carboxylic acids is 1. The molecule has 0 saturated carbocycles. The average molecular weight is 365 g/mol. The number of nitrogens with one attached hydrogen (secondary N) is 1. The molecule has 3 aromatic rings. The van der Waals surface area contributed by atoms with Crippen LogP contribution in [0.15, 0.2) is 51.7 Å². The van der Waals surface area contributed by atoms with E-state index in [0.717, 1.165) is 40.6 Å². The van der Waals surface area contributed by atoms with Crippen molar-refractivity contribution in [2.75, 3.05) is 11.9 Å². The van der Waals surface area contributed by atoms with Gasteiger partial charge in [0.25, 0.3) is 5.91 Å². The number of aryl methyl sites for hydroxylation is 3. The number of hydrogen-bond acceptors (Lipinski definition) is 4. The van der Waals surface area contributed by atoms with Gasteiger partial charge in [-0.2, -0.15) is 0 Å². The summed E-state index contributed by atoms with van der Waals surface area (Å²) in [5.41, 5.74) is 3.96. The zero-order valence-electron chi connectivity index (χ0n) is 15.8. The van der Waals surface area contributed by atoms with E-state index in [1.165, 1.54) is 6.07 Å². The first kappa shape index (κ1) is 18.7. The lowest BCUT2D eigenvalue weighted by atomic mass is 10.0. The maximum absolute atomic E-state index is 12.4. The number of benzene rings is 2. The molecular formula is C22H23NO4. The molecule has 0 atom stereocenters. The third-order valence-electron chi connectivity index (χ3n) is 4.56. The highest BCUT2D eigenvalue weighted by atomic mass is 16.5. The van der Waals surface area contributed by atoms with E-state index in [1.54, 1.807) is 12.1 Å². The Morgan fingerprint density at radius 1 is 1.07 bits per heavy atom. The van der Waals surface area contributed by atoms with E-state index in [9.17, 15) is 9.59 Å². The number of rotatable bonds is 6. The van der Waals surface area contributed by atoms with Gasteiger partial charge in [-0.1, -0.05) is 32.0 Å². The number of para-hydroxylation sites is 1. The molecule has 1 amide bonds. The number of anilines is 1. The van der Waals surface area contributed by atoms with Crippen molar-refractivity contribution < 1.29 is 13.9 Å². The number of carbonyl (C=O) groups is 1. The van der Waals surface area contributed by atoms with Crippen LogP contribution in [0.5, 0.6) is 5.75 Å². The van der Waals surface area contributed by atoms with Crippen molar-refractivity contribution >= 4 is 22.6 Å². The first-order valence-electron chi connectivity index (χ1n) is 9.09. The highest BCUT2D eigenvalue weighted by molar-refractivity contribution is 5.93. The maximum atomic E-state index is 12.4. The Morgan fingerprint density at radius 3 is 2.44 bits per heavy atom. The van der Waals surface area contributed by atoms with Crippen molar-refractivity contribution in [1.82, 2.24) is 0 Å². The molecule has 0 spiro atoms. The van der Waals surface area contributed by atoms with Gasteiger partial charge in [0, 0.05) is 23.2 Å². The van der Waals surface area contributed by atoms with Crippen molar-refractivity contribution in [1.29, 1.82) is 0 Å². The van der Waals surface area contributed by atoms with Crippen LogP contribution in [0.1, 0.15) is 30.5 Å². The van der Waals surface area contributed by atoms with Crippen LogP contribution in [-0.2, 0) is 17.6 Å². The molecule has 0 radical (unpaired) electrons. The lowest BCUT2D eigenvalue weighted by molar-refractivity contribution is -0.118. The number of amides is 1. The second-order valence-electron chi connectivity index (χ2n) is 6.40. The van der Waals surface area contributed by atoms with Crippen molar-refractivity contribution in [3.05, 3.63) is 69.6 Å². The second-order valence-corrected chi connectivity index (χ2v) is 6.40. The standard InChI is InChI=1S/C22H23NO4/c1-4-15-7-6-8-16(5-2)22(15)23-20(24)13-26-17-9-10-18-14(3)11-21(25)27-19(18)12-17/h6-12H,4-5,13H2,1-3H3,(H,23,24). The summed E-state index contributed by atoms with van der Waals surface area (Å²) in [4.78, 5) is 23.9. The fourth-order valence-electron chi connectivity index (χ4n) is 3.12. The summed E-state index contributed by atoms with van der Waals surface area (Å²) in [6.07, 6.45) is 1.68. The molecule has 0 unspecified atom stereocenters. The molecule has 3 rings (SSSR count). The van der Waals surface area contributed by atoms with Gasteiger partial charge >= 0.3 is 5.63 Å². The summed E-state index contributed by atoms with van der Waals surface area (Å²) in [6, 6.07) is 12.7. The van der Waals surface area contributed by atoms with Gasteiger partial charge in [0.2, 0.25) is 0 Å². The molecule has 140 valence electrons.